The van der Waals surface area contributed by atoms with Crippen molar-refractivity contribution in [3.05, 3.63) is 33.1 Å². The standard InChI is InChI=1S/C12H15N3O6/c1-12(2)20-8-6(5-13-18)19-10(9(8)21-12)15-4-3-7(16)14-11(15)17/h3-6,8-10,18H,1-2H3,(H,14,16,17)/b13-5+. The average molecular weight is 297 g/mol. The van der Waals surface area contributed by atoms with Crippen LogP contribution < -0.4 is 11.2 Å². The lowest BCUT2D eigenvalue weighted by Gasteiger charge is -2.23. The summed E-state index contributed by atoms with van der Waals surface area (Å²) in [5, 5.41) is 11.7. The zero-order valence-corrected chi connectivity index (χ0v) is 11.4. The Balaban J connectivity index is 1.99. The van der Waals surface area contributed by atoms with Gasteiger partial charge in [-0.25, -0.2) is 4.79 Å². The van der Waals surface area contributed by atoms with Crippen LogP contribution in [0, 0.1) is 0 Å². The topological polar surface area (TPSA) is 115 Å². The van der Waals surface area contributed by atoms with Crippen LogP contribution in [0.5, 0.6) is 0 Å². The monoisotopic (exact) mass is 297 g/mol. The molecule has 114 valence electrons. The number of nitrogens with zero attached hydrogens (tertiary/aromatic N) is 2. The fourth-order valence-corrected chi connectivity index (χ4v) is 2.64. The van der Waals surface area contributed by atoms with Crippen LogP contribution in [0.2, 0.25) is 0 Å². The van der Waals surface area contributed by atoms with Crippen molar-refractivity contribution >= 4 is 6.21 Å². The maximum absolute atomic E-state index is 11.9. The number of aromatic amines is 1. The molecule has 3 rings (SSSR count). The third-order valence-electron chi connectivity index (χ3n) is 3.40. The molecule has 4 atom stereocenters. The van der Waals surface area contributed by atoms with Crippen molar-refractivity contribution in [1.82, 2.24) is 9.55 Å². The van der Waals surface area contributed by atoms with E-state index in [0.717, 1.165) is 0 Å². The number of ether oxygens (including phenoxy) is 3. The summed E-state index contributed by atoms with van der Waals surface area (Å²) in [5.74, 6) is -0.843. The molecule has 2 aliphatic heterocycles. The summed E-state index contributed by atoms with van der Waals surface area (Å²) in [6.07, 6.45) is -0.0177. The number of aromatic nitrogens is 2. The summed E-state index contributed by atoms with van der Waals surface area (Å²) >= 11 is 0. The van der Waals surface area contributed by atoms with E-state index in [0.29, 0.717) is 0 Å². The number of oxime groups is 1. The van der Waals surface area contributed by atoms with Crippen LogP contribution in [-0.2, 0) is 14.2 Å². The molecule has 2 fully saturated rings. The Bertz CT molecular complexity index is 678. The molecule has 4 unspecified atom stereocenters. The van der Waals surface area contributed by atoms with Crippen LogP contribution in [0.4, 0.5) is 0 Å². The van der Waals surface area contributed by atoms with Gasteiger partial charge in [-0.2, -0.15) is 0 Å². The molecule has 0 amide bonds. The Morgan fingerprint density at radius 3 is 2.76 bits per heavy atom. The summed E-state index contributed by atoms with van der Waals surface area (Å²) in [6, 6.07) is 1.22. The molecular formula is C12H15N3O6. The van der Waals surface area contributed by atoms with E-state index < -0.39 is 41.6 Å². The summed E-state index contributed by atoms with van der Waals surface area (Å²) in [7, 11) is 0. The maximum Gasteiger partial charge on any atom is 0.330 e. The molecular weight excluding hydrogens is 282 g/mol. The summed E-state index contributed by atoms with van der Waals surface area (Å²) in [6.45, 7) is 3.48. The van der Waals surface area contributed by atoms with Crippen molar-refractivity contribution in [2.75, 3.05) is 0 Å². The van der Waals surface area contributed by atoms with E-state index in [9.17, 15) is 9.59 Å². The van der Waals surface area contributed by atoms with Crippen LogP contribution in [0.25, 0.3) is 0 Å². The quantitative estimate of drug-likeness (QED) is 0.428. The molecule has 9 nitrogen and oxygen atoms in total. The van der Waals surface area contributed by atoms with Gasteiger partial charge >= 0.3 is 5.69 Å². The molecule has 0 saturated carbocycles. The molecule has 0 spiro atoms. The average Bonchev–Trinajstić information content (AvgIpc) is 2.85. The van der Waals surface area contributed by atoms with Gasteiger partial charge in [0.15, 0.2) is 12.0 Å². The highest BCUT2D eigenvalue weighted by atomic mass is 16.8. The van der Waals surface area contributed by atoms with Crippen LogP contribution in [0.1, 0.15) is 20.1 Å². The fourth-order valence-electron chi connectivity index (χ4n) is 2.64. The van der Waals surface area contributed by atoms with Gasteiger partial charge in [-0.1, -0.05) is 5.16 Å². The SMILES string of the molecule is CC1(C)OC2C(/C=N/O)OC(n3ccc(=O)[nH]c3=O)C2O1. The zero-order valence-electron chi connectivity index (χ0n) is 11.4. The van der Waals surface area contributed by atoms with Gasteiger partial charge in [0.1, 0.15) is 18.3 Å². The van der Waals surface area contributed by atoms with Crippen molar-refractivity contribution in [3.8, 4) is 0 Å². The lowest BCUT2D eigenvalue weighted by Crippen LogP contribution is -2.37. The van der Waals surface area contributed by atoms with Gasteiger partial charge in [-0.05, 0) is 13.8 Å². The van der Waals surface area contributed by atoms with Gasteiger partial charge in [0.05, 0.1) is 6.21 Å². The van der Waals surface area contributed by atoms with Crippen LogP contribution in [0.15, 0.2) is 27.0 Å². The number of fused-ring (bicyclic) bond motifs is 1. The van der Waals surface area contributed by atoms with Crippen LogP contribution in [0.3, 0.4) is 0 Å². The van der Waals surface area contributed by atoms with E-state index in [-0.39, 0.29) is 0 Å². The fraction of sp³-hybridized carbons (Fsp3) is 0.583. The molecule has 0 bridgehead atoms. The number of hydrogen-bond acceptors (Lipinski definition) is 7. The number of nitrogens with one attached hydrogen (secondary N) is 1. The molecule has 21 heavy (non-hydrogen) atoms. The lowest BCUT2D eigenvalue weighted by molar-refractivity contribution is -0.189. The van der Waals surface area contributed by atoms with Crippen LogP contribution in [-0.4, -0.2) is 45.1 Å². The Hall–Kier alpha value is -1.97. The number of H-pyrrole nitrogens is 1. The Morgan fingerprint density at radius 2 is 2.10 bits per heavy atom. The number of hydrogen-bond donors (Lipinski definition) is 2. The molecule has 2 saturated heterocycles. The van der Waals surface area contributed by atoms with Crippen molar-refractivity contribution in [2.45, 2.75) is 44.2 Å². The third-order valence-corrected chi connectivity index (χ3v) is 3.40. The lowest BCUT2D eigenvalue weighted by atomic mass is 10.1. The Labute approximate surface area is 118 Å². The first kappa shape index (κ1) is 14.0. The minimum Gasteiger partial charge on any atom is -0.411 e. The normalized spacial score (nSPS) is 34.4. The predicted molar refractivity (Wildman–Crippen MR) is 69.3 cm³/mol. The Kier molecular flexibility index (Phi) is 3.19. The molecule has 0 radical (unpaired) electrons. The van der Waals surface area contributed by atoms with Gasteiger partial charge in [0, 0.05) is 12.3 Å². The minimum absolute atomic E-state index is 0.497. The summed E-state index contributed by atoms with van der Waals surface area (Å²) in [4.78, 5) is 25.2. The minimum atomic E-state index is -0.843. The van der Waals surface area contributed by atoms with E-state index in [2.05, 4.69) is 10.1 Å². The molecule has 0 aromatic carbocycles. The van der Waals surface area contributed by atoms with Crippen molar-refractivity contribution in [2.24, 2.45) is 5.16 Å². The van der Waals surface area contributed by atoms with Gasteiger partial charge < -0.3 is 19.4 Å². The smallest absolute Gasteiger partial charge is 0.330 e. The highest BCUT2D eigenvalue weighted by Gasteiger charge is 2.55. The molecule has 2 aliphatic rings. The first-order chi connectivity index (χ1) is 9.91. The molecule has 0 aliphatic carbocycles. The van der Waals surface area contributed by atoms with E-state index in [1.54, 1.807) is 13.8 Å². The van der Waals surface area contributed by atoms with E-state index >= 15 is 0 Å². The second-order valence-corrected chi connectivity index (χ2v) is 5.34. The van der Waals surface area contributed by atoms with Gasteiger partial charge in [-0.15, -0.1) is 0 Å². The van der Waals surface area contributed by atoms with E-state index in [4.69, 9.17) is 19.4 Å². The second-order valence-electron chi connectivity index (χ2n) is 5.34. The van der Waals surface area contributed by atoms with E-state index in [1.165, 1.54) is 23.0 Å². The van der Waals surface area contributed by atoms with E-state index in [1.807, 2.05) is 0 Å². The summed E-state index contributed by atoms with van der Waals surface area (Å²) < 4.78 is 18.3. The predicted octanol–water partition coefficient (Wildman–Crippen LogP) is -0.586. The zero-order chi connectivity index (χ0) is 15.2. The molecule has 1 aromatic heterocycles. The first-order valence-electron chi connectivity index (χ1n) is 6.41. The highest BCUT2D eigenvalue weighted by molar-refractivity contribution is 5.64. The van der Waals surface area contributed by atoms with Crippen molar-refractivity contribution in [3.63, 3.8) is 0 Å². The molecule has 1 aromatic rings. The second kappa shape index (κ2) is 4.79. The highest BCUT2D eigenvalue weighted by Crippen LogP contribution is 2.41. The van der Waals surface area contributed by atoms with Crippen molar-refractivity contribution in [1.29, 1.82) is 0 Å². The third kappa shape index (κ3) is 2.39. The largest absolute Gasteiger partial charge is 0.411 e. The van der Waals surface area contributed by atoms with Gasteiger partial charge in [0.25, 0.3) is 5.56 Å². The maximum atomic E-state index is 11.9. The van der Waals surface area contributed by atoms with Crippen LogP contribution >= 0.6 is 0 Å². The molecule has 9 heteroatoms. The van der Waals surface area contributed by atoms with Gasteiger partial charge in [0.2, 0.25) is 0 Å². The van der Waals surface area contributed by atoms with Crippen molar-refractivity contribution < 1.29 is 19.4 Å². The Morgan fingerprint density at radius 1 is 1.38 bits per heavy atom. The molecule has 2 N–H and O–H groups in total. The number of rotatable bonds is 2. The summed E-state index contributed by atoms with van der Waals surface area (Å²) in [5.41, 5.74) is -1.11. The molecule has 3 heterocycles. The van der Waals surface area contributed by atoms with Gasteiger partial charge in [-0.3, -0.25) is 14.3 Å². The first-order valence-corrected chi connectivity index (χ1v) is 6.41.